The zero-order chi connectivity index (χ0) is 20.8. The van der Waals surface area contributed by atoms with E-state index in [-0.39, 0.29) is 32.8 Å². The van der Waals surface area contributed by atoms with Crippen LogP contribution in [0.4, 0.5) is 8.78 Å². The van der Waals surface area contributed by atoms with Crippen LogP contribution < -0.4 is 5.43 Å². The maximum Gasteiger partial charge on any atom is 0.201 e. The molecule has 0 saturated heterocycles. The molecule has 4 rings (SSSR count). The van der Waals surface area contributed by atoms with Crippen LogP contribution in [-0.4, -0.2) is 14.7 Å². The van der Waals surface area contributed by atoms with Crippen LogP contribution in [0.5, 0.6) is 0 Å². The molecule has 0 aliphatic heterocycles. The van der Waals surface area contributed by atoms with Gasteiger partial charge in [-0.15, -0.1) is 0 Å². The lowest BCUT2D eigenvalue weighted by Crippen LogP contribution is -2.09. The topological polar surface area (TPSA) is 64.3 Å². The summed E-state index contributed by atoms with van der Waals surface area (Å²) in [6, 6.07) is 15.7. The van der Waals surface area contributed by atoms with Crippen LogP contribution in [0.2, 0.25) is 0 Å². The molecule has 0 saturated carbocycles. The van der Waals surface area contributed by atoms with Gasteiger partial charge in [-0.05, 0) is 42.5 Å². The van der Waals surface area contributed by atoms with Gasteiger partial charge in [0.25, 0.3) is 0 Å². The fourth-order valence-electron chi connectivity index (χ4n) is 3.14. The average Bonchev–Trinajstić information content (AvgIpc) is 2.70. The standard InChI is InChI=1S/C22H14F2O4S/c1-29(26,27)14-11-9-13(10-12-14)22-19(16-6-4-7-17(23)20(16)24)21(25)15-5-2-3-8-18(15)28-22/h2-12H,1H3. The summed E-state index contributed by atoms with van der Waals surface area (Å²) in [5, 5.41) is 0.225. The van der Waals surface area contributed by atoms with Crippen molar-refractivity contribution in [2.24, 2.45) is 0 Å². The van der Waals surface area contributed by atoms with E-state index in [1.54, 1.807) is 24.3 Å². The van der Waals surface area contributed by atoms with E-state index in [0.29, 0.717) is 5.56 Å². The van der Waals surface area contributed by atoms with Crippen molar-refractivity contribution in [1.82, 2.24) is 0 Å². The van der Waals surface area contributed by atoms with Gasteiger partial charge in [0, 0.05) is 17.4 Å². The molecule has 7 heteroatoms. The van der Waals surface area contributed by atoms with Crippen molar-refractivity contribution in [3.63, 3.8) is 0 Å². The Hall–Kier alpha value is -3.32. The molecule has 0 amide bonds. The molecule has 29 heavy (non-hydrogen) atoms. The van der Waals surface area contributed by atoms with Crippen LogP contribution in [0.25, 0.3) is 33.4 Å². The van der Waals surface area contributed by atoms with Gasteiger partial charge in [0.2, 0.25) is 5.43 Å². The SMILES string of the molecule is CS(=O)(=O)c1ccc(-c2oc3ccccc3c(=O)c2-c2cccc(F)c2F)cc1. The number of halogens is 2. The van der Waals surface area contributed by atoms with Gasteiger partial charge >= 0.3 is 0 Å². The van der Waals surface area contributed by atoms with Gasteiger partial charge in [0.05, 0.1) is 15.8 Å². The van der Waals surface area contributed by atoms with Crippen molar-refractivity contribution in [1.29, 1.82) is 0 Å². The predicted octanol–water partition coefficient (Wildman–Crippen LogP) is 4.81. The van der Waals surface area contributed by atoms with Crippen molar-refractivity contribution in [2.45, 2.75) is 4.90 Å². The summed E-state index contributed by atoms with van der Waals surface area (Å²) in [6.07, 6.45) is 1.08. The third-order valence-electron chi connectivity index (χ3n) is 4.56. The maximum atomic E-state index is 14.5. The summed E-state index contributed by atoms with van der Waals surface area (Å²) < 4.78 is 57.7. The molecule has 0 aliphatic rings. The summed E-state index contributed by atoms with van der Waals surface area (Å²) in [6.45, 7) is 0. The van der Waals surface area contributed by atoms with Gasteiger partial charge in [0.1, 0.15) is 11.3 Å². The summed E-state index contributed by atoms with van der Waals surface area (Å²) >= 11 is 0. The molecule has 0 atom stereocenters. The Balaban J connectivity index is 2.08. The lowest BCUT2D eigenvalue weighted by Gasteiger charge is -2.12. The van der Waals surface area contributed by atoms with E-state index in [9.17, 15) is 22.0 Å². The number of hydrogen-bond donors (Lipinski definition) is 0. The number of sulfone groups is 1. The lowest BCUT2D eigenvalue weighted by molar-refractivity contribution is 0.510. The van der Waals surface area contributed by atoms with Gasteiger partial charge in [0.15, 0.2) is 21.5 Å². The van der Waals surface area contributed by atoms with Gasteiger partial charge in [-0.25, -0.2) is 17.2 Å². The Morgan fingerprint density at radius 2 is 1.55 bits per heavy atom. The monoisotopic (exact) mass is 412 g/mol. The minimum absolute atomic E-state index is 0.0262. The van der Waals surface area contributed by atoms with Crippen LogP contribution in [0, 0.1) is 11.6 Å². The predicted molar refractivity (Wildman–Crippen MR) is 106 cm³/mol. The Labute approximate surface area is 165 Å². The highest BCUT2D eigenvalue weighted by Gasteiger charge is 2.22. The summed E-state index contributed by atoms with van der Waals surface area (Å²) in [7, 11) is -3.42. The largest absolute Gasteiger partial charge is 0.455 e. The molecule has 4 nitrogen and oxygen atoms in total. The Bertz CT molecular complexity index is 1410. The molecule has 0 unspecified atom stereocenters. The van der Waals surface area contributed by atoms with Gasteiger partial charge in [-0.1, -0.05) is 24.3 Å². The molecule has 0 N–H and O–H groups in total. The highest BCUT2D eigenvalue weighted by Crippen LogP contribution is 2.34. The number of para-hydroxylation sites is 1. The van der Waals surface area contributed by atoms with E-state index in [0.717, 1.165) is 12.3 Å². The van der Waals surface area contributed by atoms with E-state index < -0.39 is 26.9 Å². The first-order valence-corrected chi connectivity index (χ1v) is 10.5. The average molecular weight is 412 g/mol. The molecular weight excluding hydrogens is 398 g/mol. The highest BCUT2D eigenvalue weighted by molar-refractivity contribution is 7.90. The third-order valence-corrected chi connectivity index (χ3v) is 5.69. The number of rotatable bonds is 3. The maximum absolute atomic E-state index is 14.5. The van der Waals surface area contributed by atoms with Crippen molar-refractivity contribution in [3.05, 3.63) is 88.6 Å². The smallest absolute Gasteiger partial charge is 0.201 e. The second kappa shape index (κ2) is 6.93. The molecule has 1 aromatic heterocycles. The molecule has 0 spiro atoms. The normalized spacial score (nSPS) is 11.7. The minimum atomic E-state index is -3.42. The molecule has 1 heterocycles. The van der Waals surface area contributed by atoms with Crippen LogP contribution >= 0.6 is 0 Å². The second-order valence-electron chi connectivity index (χ2n) is 6.53. The number of benzene rings is 3. The molecule has 3 aromatic carbocycles. The fourth-order valence-corrected chi connectivity index (χ4v) is 3.77. The Morgan fingerprint density at radius 3 is 2.24 bits per heavy atom. The van der Waals surface area contributed by atoms with Gasteiger partial charge < -0.3 is 4.42 Å². The third kappa shape index (κ3) is 3.34. The summed E-state index contributed by atoms with van der Waals surface area (Å²) in [5.41, 5.74) is -0.239. The molecule has 4 aromatic rings. The second-order valence-corrected chi connectivity index (χ2v) is 8.55. The number of fused-ring (bicyclic) bond motifs is 1. The lowest BCUT2D eigenvalue weighted by atomic mass is 9.98. The minimum Gasteiger partial charge on any atom is -0.455 e. The molecule has 0 bridgehead atoms. The van der Waals surface area contributed by atoms with Crippen LogP contribution in [0.15, 0.2) is 80.8 Å². The fraction of sp³-hybridized carbons (Fsp3) is 0.0455. The zero-order valence-corrected chi connectivity index (χ0v) is 16.0. The van der Waals surface area contributed by atoms with Crippen molar-refractivity contribution >= 4 is 20.8 Å². The molecule has 0 aliphatic carbocycles. The Morgan fingerprint density at radius 1 is 0.862 bits per heavy atom. The molecule has 146 valence electrons. The molecule has 0 radical (unpaired) electrons. The van der Waals surface area contributed by atoms with Crippen LogP contribution in [0.3, 0.4) is 0 Å². The van der Waals surface area contributed by atoms with Gasteiger partial charge in [-0.2, -0.15) is 0 Å². The highest BCUT2D eigenvalue weighted by atomic mass is 32.2. The van der Waals surface area contributed by atoms with E-state index in [2.05, 4.69) is 0 Å². The summed E-state index contributed by atoms with van der Waals surface area (Å²) in [5.74, 6) is -2.23. The van der Waals surface area contributed by atoms with E-state index in [1.807, 2.05) is 0 Å². The van der Waals surface area contributed by atoms with Crippen molar-refractivity contribution < 1.29 is 21.6 Å². The van der Waals surface area contributed by atoms with E-state index in [4.69, 9.17) is 4.42 Å². The first-order valence-electron chi connectivity index (χ1n) is 8.58. The van der Waals surface area contributed by atoms with Crippen LogP contribution in [0.1, 0.15) is 0 Å². The first-order chi connectivity index (χ1) is 13.8. The summed E-state index contributed by atoms with van der Waals surface area (Å²) in [4.78, 5) is 13.3. The first kappa shape index (κ1) is 19.0. The van der Waals surface area contributed by atoms with E-state index in [1.165, 1.54) is 36.4 Å². The van der Waals surface area contributed by atoms with Crippen molar-refractivity contribution in [3.8, 4) is 22.5 Å². The molecule has 0 fully saturated rings. The number of hydrogen-bond acceptors (Lipinski definition) is 4. The van der Waals surface area contributed by atoms with Gasteiger partial charge in [-0.3, -0.25) is 4.79 Å². The van der Waals surface area contributed by atoms with Crippen LogP contribution in [-0.2, 0) is 9.84 Å². The van der Waals surface area contributed by atoms with Crippen molar-refractivity contribution in [2.75, 3.05) is 6.26 Å². The van der Waals surface area contributed by atoms with E-state index >= 15 is 0 Å². The zero-order valence-electron chi connectivity index (χ0n) is 15.1. The molecular formula is C22H14F2O4S. The Kier molecular flexibility index (Phi) is 4.55. The quantitative estimate of drug-likeness (QED) is 0.485.